The quantitative estimate of drug-likeness (QED) is 0.747. The Labute approximate surface area is 173 Å². The molecule has 2 aliphatic carbocycles. The first-order valence-corrected chi connectivity index (χ1v) is 11.2. The third-order valence-corrected chi connectivity index (χ3v) is 5.86. The largest absolute Gasteiger partial charge is 0.377 e. The Morgan fingerprint density at radius 1 is 0.724 bits per heavy atom. The van der Waals surface area contributed by atoms with Crippen molar-refractivity contribution in [3.05, 3.63) is 0 Å². The minimum atomic E-state index is -0.491. The third kappa shape index (κ3) is 8.11. The zero-order chi connectivity index (χ0) is 20.3. The molecule has 0 aromatic heterocycles. The van der Waals surface area contributed by atoms with E-state index in [9.17, 15) is 4.79 Å². The first-order valence-electron chi connectivity index (χ1n) is 11.2. The van der Waals surface area contributed by atoms with Crippen LogP contribution in [0.3, 0.4) is 0 Å². The van der Waals surface area contributed by atoms with Crippen LogP contribution >= 0.6 is 0 Å². The van der Waals surface area contributed by atoms with Gasteiger partial charge in [-0.1, -0.05) is 25.7 Å². The fourth-order valence-corrected chi connectivity index (χ4v) is 4.31. The predicted octanol–water partition coefficient (Wildman–Crippen LogP) is 1.58. The van der Waals surface area contributed by atoms with Crippen LogP contribution in [0.5, 0.6) is 0 Å². The highest BCUT2D eigenvalue weighted by atomic mass is 16.6. The van der Waals surface area contributed by atoms with E-state index in [1.165, 1.54) is 0 Å². The molecular formula is C21H37NO7. The molecule has 0 bridgehead atoms. The molecule has 8 nitrogen and oxygen atoms in total. The van der Waals surface area contributed by atoms with Gasteiger partial charge in [-0.3, -0.25) is 4.79 Å². The average Bonchev–Trinajstić information content (AvgIpc) is 2.73. The molecule has 2 N–H and O–H groups in total. The van der Waals surface area contributed by atoms with E-state index in [0.717, 1.165) is 51.4 Å². The Morgan fingerprint density at radius 2 is 1.17 bits per heavy atom. The van der Waals surface area contributed by atoms with Gasteiger partial charge in [0, 0.05) is 0 Å². The zero-order valence-corrected chi connectivity index (χ0v) is 17.4. The third-order valence-electron chi connectivity index (χ3n) is 5.86. The lowest BCUT2D eigenvalue weighted by atomic mass is 9.94. The Bertz CT molecular complexity index is 446. The summed E-state index contributed by atoms with van der Waals surface area (Å²) in [4.78, 5) is 11.2. The minimum Gasteiger partial charge on any atom is -0.377 e. The maximum atomic E-state index is 11.2. The van der Waals surface area contributed by atoms with Crippen LogP contribution in [0.15, 0.2) is 0 Å². The van der Waals surface area contributed by atoms with Crippen molar-refractivity contribution in [1.82, 2.24) is 0 Å². The van der Waals surface area contributed by atoms with Crippen LogP contribution in [0, 0.1) is 0 Å². The van der Waals surface area contributed by atoms with Gasteiger partial charge in [-0.25, -0.2) is 0 Å². The highest BCUT2D eigenvalue weighted by Crippen LogP contribution is 2.26. The Kier molecular flexibility index (Phi) is 10.1. The van der Waals surface area contributed by atoms with Gasteiger partial charge in [0.25, 0.3) is 0 Å². The van der Waals surface area contributed by atoms with E-state index in [4.69, 9.17) is 34.2 Å². The molecule has 29 heavy (non-hydrogen) atoms. The molecule has 3 fully saturated rings. The molecule has 0 spiro atoms. The molecule has 1 amide bonds. The number of ether oxygens (including phenoxy) is 6. The lowest BCUT2D eigenvalue weighted by Crippen LogP contribution is -2.41. The summed E-state index contributed by atoms with van der Waals surface area (Å²) in [7, 11) is 0. The standard InChI is InChI=1S/C21H37NO7/c22-21(23)15-27-16-13-28-19-7-3-1-5-17(19)25-11-9-24-10-12-26-18-6-2-4-8-20(18)29-14-16/h16-20H,1-15H2,(H2,22,23). The van der Waals surface area contributed by atoms with Crippen molar-refractivity contribution in [3.8, 4) is 0 Å². The molecule has 2 saturated carbocycles. The molecule has 3 aliphatic rings. The van der Waals surface area contributed by atoms with Crippen molar-refractivity contribution in [1.29, 1.82) is 0 Å². The van der Waals surface area contributed by atoms with E-state index in [1.807, 2.05) is 0 Å². The molecule has 8 heteroatoms. The number of primary amides is 1. The molecule has 3 rings (SSSR count). The maximum Gasteiger partial charge on any atom is 0.243 e. The summed E-state index contributed by atoms with van der Waals surface area (Å²) in [5.41, 5.74) is 5.27. The van der Waals surface area contributed by atoms with Gasteiger partial charge >= 0.3 is 0 Å². The van der Waals surface area contributed by atoms with Gasteiger partial charge in [-0.15, -0.1) is 0 Å². The Hall–Kier alpha value is -0.770. The van der Waals surface area contributed by atoms with Gasteiger partial charge in [0.1, 0.15) is 12.7 Å². The van der Waals surface area contributed by atoms with E-state index >= 15 is 0 Å². The van der Waals surface area contributed by atoms with Crippen LogP contribution in [-0.2, 0) is 33.2 Å². The van der Waals surface area contributed by atoms with Gasteiger partial charge in [-0.05, 0) is 25.7 Å². The van der Waals surface area contributed by atoms with E-state index in [0.29, 0.717) is 39.6 Å². The first-order chi connectivity index (χ1) is 14.2. The SMILES string of the molecule is NC(=O)COC1COC2CCCCC2OCCOCCOC2CCCCC2OC1. The van der Waals surface area contributed by atoms with Crippen molar-refractivity contribution >= 4 is 5.91 Å². The van der Waals surface area contributed by atoms with Gasteiger partial charge in [0.05, 0.1) is 64.1 Å². The van der Waals surface area contributed by atoms with Crippen molar-refractivity contribution in [2.75, 3.05) is 46.2 Å². The maximum absolute atomic E-state index is 11.2. The highest BCUT2D eigenvalue weighted by Gasteiger charge is 2.30. The highest BCUT2D eigenvalue weighted by molar-refractivity contribution is 5.75. The predicted molar refractivity (Wildman–Crippen MR) is 106 cm³/mol. The van der Waals surface area contributed by atoms with E-state index in [2.05, 4.69) is 0 Å². The second-order valence-corrected chi connectivity index (χ2v) is 8.14. The normalized spacial score (nSPS) is 35.9. The Morgan fingerprint density at radius 3 is 1.62 bits per heavy atom. The molecular weight excluding hydrogens is 378 g/mol. The van der Waals surface area contributed by atoms with Crippen molar-refractivity contribution in [2.24, 2.45) is 5.73 Å². The van der Waals surface area contributed by atoms with Crippen molar-refractivity contribution < 1.29 is 33.2 Å². The van der Waals surface area contributed by atoms with Gasteiger partial charge in [0.2, 0.25) is 5.91 Å². The monoisotopic (exact) mass is 415 g/mol. The summed E-state index contributed by atoms with van der Waals surface area (Å²) < 4.78 is 35.8. The summed E-state index contributed by atoms with van der Waals surface area (Å²) in [6, 6.07) is 0. The number of nitrogens with two attached hydrogens (primary N) is 1. The van der Waals surface area contributed by atoms with Crippen molar-refractivity contribution in [3.63, 3.8) is 0 Å². The molecule has 0 aromatic carbocycles. The fourth-order valence-electron chi connectivity index (χ4n) is 4.31. The number of amides is 1. The van der Waals surface area contributed by atoms with Gasteiger partial charge < -0.3 is 34.2 Å². The second kappa shape index (κ2) is 12.8. The van der Waals surface area contributed by atoms with Crippen LogP contribution in [-0.4, -0.2) is 82.7 Å². The summed E-state index contributed by atoms with van der Waals surface area (Å²) in [6.07, 6.45) is 8.31. The van der Waals surface area contributed by atoms with E-state index < -0.39 is 5.91 Å². The molecule has 4 atom stereocenters. The molecule has 0 aromatic rings. The molecule has 0 radical (unpaired) electrons. The average molecular weight is 416 g/mol. The lowest BCUT2D eigenvalue weighted by molar-refractivity contribution is -0.159. The van der Waals surface area contributed by atoms with E-state index in [-0.39, 0.29) is 37.1 Å². The van der Waals surface area contributed by atoms with Crippen LogP contribution < -0.4 is 5.73 Å². The summed E-state index contributed by atoms with van der Waals surface area (Å²) in [5.74, 6) is -0.491. The summed E-state index contributed by atoms with van der Waals surface area (Å²) in [5, 5.41) is 0. The molecule has 1 saturated heterocycles. The topological polar surface area (TPSA) is 98.5 Å². The first kappa shape index (κ1) is 22.9. The number of carbonyl (C=O) groups excluding carboxylic acids is 1. The smallest absolute Gasteiger partial charge is 0.243 e. The Balaban J connectivity index is 1.60. The van der Waals surface area contributed by atoms with Crippen LogP contribution in [0.2, 0.25) is 0 Å². The van der Waals surface area contributed by atoms with Gasteiger partial charge in [-0.2, -0.15) is 0 Å². The van der Waals surface area contributed by atoms with Crippen LogP contribution in [0.1, 0.15) is 51.4 Å². The molecule has 168 valence electrons. The van der Waals surface area contributed by atoms with Crippen LogP contribution in [0.4, 0.5) is 0 Å². The molecule has 1 aliphatic heterocycles. The number of fused-ring (bicyclic) bond motifs is 2. The van der Waals surface area contributed by atoms with Crippen molar-refractivity contribution in [2.45, 2.75) is 81.9 Å². The molecule has 1 heterocycles. The van der Waals surface area contributed by atoms with Crippen LogP contribution in [0.25, 0.3) is 0 Å². The second-order valence-electron chi connectivity index (χ2n) is 8.14. The minimum absolute atomic E-state index is 0.0297. The number of carbonyl (C=O) groups is 1. The fraction of sp³-hybridized carbons (Fsp3) is 0.952. The number of rotatable bonds is 3. The number of hydrogen-bond donors (Lipinski definition) is 1. The molecule has 4 unspecified atom stereocenters. The zero-order valence-electron chi connectivity index (χ0n) is 17.4. The summed E-state index contributed by atoms with van der Waals surface area (Å²) >= 11 is 0. The summed E-state index contributed by atoms with van der Waals surface area (Å²) in [6.45, 7) is 2.80. The van der Waals surface area contributed by atoms with Gasteiger partial charge in [0.15, 0.2) is 0 Å². The van der Waals surface area contributed by atoms with E-state index in [1.54, 1.807) is 0 Å². The number of hydrogen-bond acceptors (Lipinski definition) is 7. The lowest BCUT2D eigenvalue weighted by Gasteiger charge is -2.34.